The summed E-state index contributed by atoms with van der Waals surface area (Å²) in [5.41, 5.74) is 0. The molecule has 0 aromatic heterocycles. The molecule has 0 heterocycles. The summed E-state index contributed by atoms with van der Waals surface area (Å²) in [7, 11) is 0. The minimum atomic E-state index is -0.950. The second kappa shape index (κ2) is 28.3. The number of unbranched alkanes of at least 4 members (excludes halogenated alkanes) is 10. The van der Waals surface area contributed by atoms with E-state index in [1.165, 1.54) is 58.3 Å². The van der Waals surface area contributed by atoms with Crippen molar-refractivity contribution in [2.75, 3.05) is 13.2 Å². The van der Waals surface area contributed by atoms with Crippen molar-refractivity contribution in [2.24, 2.45) is 0 Å². The van der Waals surface area contributed by atoms with Crippen molar-refractivity contribution < 1.29 is 39.5 Å². The highest BCUT2D eigenvalue weighted by atomic mass is 16.5. The molecule has 0 saturated carbocycles. The third-order valence-corrected chi connectivity index (χ3v) is 4.18. The van der Waals surface area contributed by atoms with E-state index in [9.17, 15) is 14.4 Å². The maximum Gasteiger partial charge on any atom is 0.303 e. The lowest BCUT2D eigenvalue weighted by atomic mass is 10.1. The Bertz CT molecular complexity index is 386. The fourth-order valence-corrected chi connectivity index (χ4v) is 2.38. The molecule has 0 amide bonds. The van der Waals surface area contributed by atoms with Gasteiger partial charge in [-0.3, -0.25) is 14.4 Å². The number of carboxylic acids is 2. The molecule has 0 fully saturated rings. The molecule has 0 aliphatic rings. The summed E-state index contributed by atoms with van der Waals surface area (Å²) in [5, 5.41) is 33.4. The standard InChI is InChI=1S/2C9H18O2.C5H10O4/c2*1-2-3-4-5-6-7-8-9(10)11;1-4(7)9-3-5(8)2-6/h2*2-8H2,1H3,(H,10,11);5-6,8H,2-3H2,1H3. The number of carbonyl (C=O) groups excluding carboxylic acids is 1. The largest absolute Gasteiger partial charge is 0.481 e. The molecule has 0 saturated heterocycles. The van der Waals surface area contributed by atoms with Crippen LogP contribution in [0.1, 0.15) is 111 Å². The van der Waals surface area contributed by atoms with Crippen molar-refractivity contribution in [3.63, 3.8) is 0 Å². The zero-order chi connectivity index (χ0) is 24.3. The quantitative estimate of drug-likeness (QED) is 0.187. The highest BCUT2D eigenvalue weighted by molar-refractivity contribution is 5.66. The summed E-state index contributed by atoms with van der Waals surface area (Å²) >= 11 is 0. The fourth-order valence-electron chi connectivity index (χ4n) is 2.38. The highest BCUT2D eigenvalue weighted by Gasteiger charge is 2.02. The van der Waals surface area contributed by atoms with Crippen molar-refractivity contribution in [3.8, 4) is 0 Å². The first-order valence-corrected chi connectivity index (χ1v) is 11.6. The average molecular weight is 451 g/mol. The molecular weight excluding hydrogens is 404 g/mol. The number of carbonyl (C=O) groups is 3. The predicted octanol–water partition coefficient (Wildman–Crippen LogP) is 4.55. The van der Waals surface area contributed by atoms with E-state index in [-0.39, 0.29) is 13.2 Å². The molecule has 8 nitrogen and oxygen atoms in total. The lowest BCUT2D eigenvalue weighted by Crippen LogP contribution is -2.20. The van der Waals surface area contributed by atoms with E-state index in [1.54, 1.807) is 0 Å². The molecule has 186 valence electrons. The van der Waals surface area contributed by atoms with E-state index >= 15 is 0 Å². The summed E-state index contributed by atoms with van der Waals surface area (Å²) in [4.78, 5) is 30.2. The number of ether oxygens (including phenoxy) is 1. The highest BCUT2D eigenvalue weighted by Crippen LogP contribution is 2.07. The van der Waals surface area contributed by atoms with Crippen LogP contribution in [0, 0.1) is 0 Å². The lowest BCUT2D eigenvalue weighted by Gasteiger charge is -2.05. The van der Waals surface area contributed by atoms with E-state index in [0.29, 0.717) is 12.8 Å². The second-order valence-electron chi connectivity index (χ2n) is 7.46. The first-order chi connectivity index (χ1) is 14.7. The van der Waals surface area contributed by atoms with Gasteiger partial charge in [-0.05, 0) is 12.8 Å². The van der Waals surface area contributed by atoms with Crippen LogP contribution in [0.25, 0.3) is 0 Å². The minimum absolute atomic E-state index is 0.133. The van der Waals surface area contributed by atoms with Gasteiger partial charge in [0.25, 0.3) is 0 Å². The van der Waals surface area contributed by atoms with Gasteiger partial charge in [-0.15, -0.1) is 0 Å². The van der Waals surface area contributed by atoms with Gasteiger partial charge in [0.15, 0.2) is 0 Å². The Morgan fingerprint density at radius 2 is 1.06 bits per heavy atom. The molecular formula is C23H46O8. The number of hydrogen-bond acceptors (Lipinski definition) is 6. The number of aliphatic hydroxyl groups is 2. The monoisotopic (exact) mass is 450 g/mol. The van der Waals surface area contributed by atoms with Gasteiger partial charge in [-0.1, -0.05) is 78.1 Å². The van der Waals surface area contributed by atoms with E-state index in [1.807, 2.05) is 0 Å². The van der Waals surface area contributed by atoms with Gasteiger partial charge in [0.05, 0.1) is 6.61 Å². The number of aliphatic hydroxyl groups excluding tert-OH is 2. The molecule has 0 rings (SSSR count). The number of aliphatic carboxylic acids is 2. The Hall–Kier alpha value is -1.67. The molecule has 31 heavy (non-hydrogen) atoms. The first kappa shape index (κ1) is 34.0. The molecule has 0 aromatic rings. The van der Waals surface area contributed by atoms with Crippen molar-refractivity contribution in [3.05, 3.63) is 0 Å². The summed E-state index contributed by atoms with van der Waals surface area (Å²) in [6, 6.07) is 0. The maximum atomic E-state index is 10.1. The Morgan fingerprint density at radius 1 is 0.710 bits per heavy atom. The summed E-state index contributed by atoms with van der Waals surface area (Å²) in [6.45, 7) is 5.08. The molecule has 0 bridgehead atoms. The third kappa shape index (κ3) is 43.2. The van der Waals surface area contributed by atoms with Crippen LogP contribution in [0.5, 0.6) is 0 Å². The molecule has 1 unspecified atom stereocenters. The maximum absolute atomic E-state index is 10.1. The van der Waals surface area contributed by atoms with Crippen LogP contribution in [-0.4, -0.2) is 57.7 Å². The molecule has 0 spiro atoms. The molecule has 0 aliphatic heterocycles. The van der Waals surface area contributed by atoms with Crippen molar-refractivity contribution >= 4 is 17.9 Å². The first-order valence-electron chi connectivity index (χ1n) is 11.6. The normalized spacial score (nSPS) is 10.7. The summed E-state index contributed by atoms with van der Waals surface area (Å²) < 4.78 is 4.35. The Balaban J connectivity index is -0.000000382. The van der Waals surface area contributed by atoms with Gasteiger partial charge in [0.1, 0.15) is 12.7 Å². The summed E-state index contributed by atoms with van der Waals surface area (Å²) in [5.74, 6) is -1.79. The SMILES string of the molecule is CC(=O)OCC(O)CO.CCCCCCCCC(=O)O.CCCCCCCCC(=O)O. The van der Waals surface area contributed by atoms with Crippen LogP contribution in [0.15, 0.2) is 0 Å². The second-order valence-corrected chi connectivity index (χ2v) is 7.46. The van der Waals surface area contributed by atoms with Crippen molar-refractivity contribution in [1.82, 2.24) is 0 Å². The van der Waals surface area contributed by atoms with Gasteiger partial charge in [0, 0.05) is 19.8 Å². The molecule has 4 N–H and O–H groups in total. The van der Waals surface area contributed by atoms with E-state index in [2.05, 4.69) is 18.6 Å². The zero-order valence-corrected chi connectivity index (χ0v) is 19.8. The van der Waals surface area contributed by atoms with E-state index in [4.69, 9.17) is 20.4 Å². The molecule has 0 aromatic carbocycles. The van der Waals surface area contributed by atoms with Gasteiger partial charge >= 0.3 is 17.9 Å². The fraction of sp³-hybridized carbons (Fsp3) is 0.870. The van der Waals surface area contributed by atoms with Gasteiger partial charge in [-0.25, -0.2) is 0 Å². The minimum Gasteiger partial charge on any atom is -0.481 e. The van der Waals surface area contributed by atoms with Crippen molar-refractivity contribution in [2.45, 2.75) is 117 Å². The van der Waals surface area contributed by atoms with E-state index < -0.39 is 24.0 Å². The molecule has 1 atom stereocenters. The smallest absolute Gasteiger partial charge is 0.303 e. The van der Waals surface area contributed by atoms with Gasteiger partial charge in [0.2, 0.25) is 0 Å². The Morgan fingerprint density at radius 3 is 1.35 bits per heavy atom. The third-order valence-electron chi connectivity index (χ3n) is 4.18. The van der Waals surface area contributed by atoms with Crippen LogP contribution in [0.4, 0.5) is 0 Å². The van der Waals surface area contributed by atoms with Crippen LogP contribution in [0.2, 0.25) is 0 Å². The molecule has 8 heteroatoms. The Labute approximate surface area is 188 Å². The van der Waals surface area contributed by atoms with Gasteiger partial charge < -0.3 is 25.2 Å². The average Bonchev–Trinajstić information content (AvgIpc) is 2.72. The molecule has 0 aliphatic carbocycles. The van der Waals surface area contributed by atoms with Gasteiger partial charge in [-0.2, -0.15) is 0 Å². The van der Waals surface area contributed by atoms with Crippen LogP contribution in [0.3, 0.4) is 0 Å². The topological polar surface area (TPSA) is 141 Å². The number of hydrogen-bond donors (Lipinski definition) is 4. The number of rotatable bonds is 17. The number of esters is 1. The number of carboxylic acid groups (broad SMARTS) is 2. The van der Waals surface area contributed by atoms with Crippen LogP contribution >= 0.6 is 0 Å². The summed E-state index contributed by atoms with van der Waals surface area (Å²) in [6.07, 6.45) is 13.6. The molecule has 0 radical (unpaired) electrons. The zero-order valence-electron chi connectivity index (χ0n) is 19.8. The van der Waals surface area contributed by atoms with Crippen molar-refractivity contribution in [1.29, 1.82) is 0 Å². The van der Waals surface area contributed by atoms with Crippen LogP contribution < -0.4 is 0 Å². The lowest BCUT2D eigenvalue weighted by molar-refractivity contribution is -0.144. The van der Waals surface area contributed by atoms with E-state index in [0.717, 1.165) is 25.7 Å². The predicted molar refractivity (Wildman–Crippen MR) is 121 cm³/mol. The Kier molecular flexibility index (Phi) is 31.0. The van der Waals surface area contributed by atoms with Crippen LogP contribution in [-0.2, 0) is 19.1 Å².